The molecule has 2 atom stereocenters. The maximum Gasteiger partial charge on any atom is 0.274 e. The second-order valence-corrected chi connectivity index (χ2v) is 9.72. The molecule has 0 unspecified atom stereocenters. The van der Waals surface area contributed by atoms with Crippen molar-refractivity contribution in [2.24, 2.45) is 0 Å². The summed E-state index contributed by atoms with van der Waals surface area (Å²) in [6, 6.07) is 3.86. The zero-order chi connectivity index (χ0) is 24.7. The van der Waals surface area contributed by atoms with Crippen molar-refractivity contribution >= 4 is 17.5 Å². The lowest BCUT2D eigenvalue weighted by Gasteiger charge is -2.36. The molecule has 2 amide bonds. The number of morpholine rings is 1. The van der Waals surface area contributed by atoms with Gasteiger partial charge in [0.2, 0.25) is 5.91 Å². The van der Waals surface area contributed by atoms with Crippen LogP contribution in [-0.2, 0) is 28.9 Å². The predicted octanol–water partition coefficient (Wildman–Crippen LogP) is 2.25. The van der Waals surface area contributed by atoms with Gasteiger partial charge in [-0.15, -0.1) is 0 Å². The molecular formula is C25H31F2N5O3. The molecule has 35 heavy (non-hydrogen) atoms. The Bertz CT molecular complexity index is 1120. The van der Waals surface area contributed by atoms with Gasteiger partial charge < -0.3 is 19.4 Å². The average molecular weight is 488 g/mol. The van der Waals surface area contributed by atoms with Crippen molar-refractivity contribution in [2.45, 2.75) is 51.9 Å². The highest BCUT2D eigenvalue weighted by atomic mass is 19.2. The first-order chi connectivity index (χ1) is 16.8. The number of amides is 2. The smallest absolute Gasteiger partial charge is 0.274 e. The van der Waals surface area contributed by atoms with E-state index in [9.17, 15) is 18.4 Å². The SMILES string of the molecule is C[C@@H]1CN(C(=O)c2nn(CC(=O)N3CCN(c4ccc(F)c(F)c4)CC3)c3c2CCC3)C[C@H](C)O1. The molecule has 0 radical (unpaired) electrons. The first kappa shape index (κ1) is 23.7. The van der Waals surface area contributed by atoms with E-state index in [1.54, 1.807) is 15.6 Å². The largest absolute Gasteiger partial charge is 0.372 e. The number of aromatic nitrogens is 2. The summed E-state index contributed by atoms with van der Waals surface area (Å²) in [6.07, 6.45) is 2.51. The molecule has 3 heterocycles. The van der Waals surface area contributed by atoms with Crippen molar-refractivity contribution in [2.75, 3.05) is 44.2 Å². The van der Waals surface area contributed by atoms with Gasteiger partial charge in [-0.1, -0.05) is 0 Å². The van der Waals surface area contributed by atoms with Crippen LogP contribution in [0.5, 0.6) is 0 Å². The number of ether oxygens (including phenoxy) is 1. The highest BCUT2D eigenvalue weighted by Crippen LogP contribution is 2.27. The predicted molar refractivity (Wildman–Crippen MR) is 125 cm³/mol. The van der Waals surface area contributed by atoms with E-state index in [1.165, 1.54) is 6.07 Å². The normalized spacial score (nSPS) is 22.5. The number of nitrogens with zero attached hydrogens (tertiary/aromatic N) is 5. The maximum absolute atomic E-state index is 13.6. The quantitative estimate of drug-likeness (QED) is 0.662. The van der Waals surface area contributed by atoms with Crippen LogP contribution in [0.3, 0.4) is 0 Å². The van der Waals surface area contributed by atoms with E-state index in [4.69, 9.17) is 4.74 Å². The van der Waals surface area contributed by atoms with E-state index in [0.717, 1.165) is 36.6 Å². The summed E-state index contributed by atoms with van der Waals surface area (Å²) >= 11 is 0. The number of piperazine rings is 1. The number of anilines is 1. The molecule has 8 nitrogen and oxygen atoms in total. The molecule has 0 saturated carbocycles. The summed E-state index contributed by atoms with van der Waals surface area (Å²) < 4.78 is 34.3. The number of fused-ring (bicyclic) bond motifs is 1. The lowest BCUT2D eigenvalue weighted by molar-refractivity contribution is -0.132. The monoisotopic (exact) mass is 487 g/mol. The van der Waals surface area contributed by atoms with Gasteiger partial charge in [-0.3, -0.25) is 14.3 Å². The Morgan fingerprint density at radius 2 is 1.71 bits per heavy atom. The summed E-state index contributed by atoms with van der Waals surface area (Å²) in [5.74, 6) is -1.89. The summed E-state index contributed by atoms with van der Waals surface area (Å²) in [7, 11) is 0. The first-order valence-electron chi connectivity index (χ1n) is 12.3. The van der Waals surface area contributed by atoms with Gasteiger partial charge in [0.05, 0.1) is 12.2 Å². The van der Waals surface area contributed by atoms with Gasteiger partial charge in [0, 0.05) is 62.3 Å². The zero-order valence-electron chi connectivity index (χ0n) is 20.2. The van der Waals surface area contributed by atoms with Crippen molar-refractivity contribution < 1.29 is 23.1 Å². The topological polar surface area (TPSA) is 70.9 Å². The molecule has 3 aliphatic rings. The number of hydrogen-bond acceptors (Lipinski definition) is 5. The van der Waals surface area contributed by atoms with Crippen LogP contribution in [0, 0.1) is 11.6 Å². The third-order valence-corrected chi connectivity index (χ3v) is 7.10. The molecule has 1 aromatic carbocycles. The van der Waals surface area contributed by atoms with Crippen LogP contribution in [0.25, 0.3) is 0 Å². The van der Waals surface area contributed by atoms with Crippen LogP contribution in [0.1, 0.15) is 42.0 Å². The lowest BCUT2D eigenvalue weighted by atomic mass is 10.1. The zero-order valence-corrected chi connectivity index (χ0v) is 20.2. The van der Waals surface area contributed by atoms with E-state index in [0.29, 0.717) is 50.6 Å². The molecule has 5 rings (SSSR count). The van der Waals surface area contributed by atoms with Gasteiger partial charge in [0.1, 0.15) is 6.54 Å². The Morgan fingerprint density at radius 1 is 1.00 bits per heavy atom. The summed E-state index contributed by atoms with van der Waals surface area (Å²) in [5, 5.41) is 4.62. The molecule has 2 saturated heterocycles. The fraction of sp³-hybridized carbons (Fsp3) is 0.560. The van der Waals surface area contributed by atoms with Crippen LogP contribution < -0.4 is 4.90 Å². The van der Waals surface area contributed by atoms with E-state index < -0.39 is 11.6 Å². The molecule has 0 N–H and O–H groups in total. The molecular weight excluding hydrogens is 456 g/mol. The Hall–Kier alpha value is -3.01. The number of rotatable bonds is 4. The molecule has 0 bridgehead atoms. The Kier molecular flexibility index (Phi) is 6.48. The van der Waals surface area contributed by atoms with E-state index >= 15 is 0 Å². The summed E-state index contributed by atoms with van der Waals surface area (Å²) in [4.78, 5) is 31.9. The van der Waals surface area contributed by atoms with E-state index in [1.807, 2.05) is 23.6 Å². The minimum Gasteiger partial charge on any atom is -0.372 e. The minimum absolute atomic E-state index is 0.0236. The summed E-state index contributed by atoms with van der Waals surface area (Å²) in [5.41, 5.74) is 3.03. The van der Waals surface area contributed by atoms with Gasteiger partial charge in [-0.25, -0.2) is 8.78 Å². The Balaban J connectivity index is 1.25. The van der Waals surface area contributed by atoms with Crippen molar-refractivity contribution in [3.63, 3.8) is 0 Å². The Labute approximate surface area is 203 Å². The van der Waals surface area contributed by atoms with Crippen LogP contribution in [-0.4, -0.2) is 82.9 Å². The third-order valence-electron chi connectivity index (χ3n) is 7.10. The molecule has 188 valence electrons. The van der Waals surface area contributed by atoms with Gasteiger partial charge >= 0.3 is 0 Å². The van der Waals surface area contributed by atoms with Gasteiger partial charge in [-0.2, -0.15) is 5.10 Å². The molecule has 2 fully saturated rings. The van der Waals surface area contributed by atoms with Gasteiger partial charge in [0.25, 0.3) is 5.91 Å². The molecule has 0 spiro atoms. The molecule has 1 aromatic heterocycles. The van der Waals surface area contributed by atoms with Crippen molar-refractivity contribution in [3.05, 3.63) is 46.8 Å². The number of benzene rings is 1. The fourth-order valence-electron chi connectivity index (χ4n) is 5.43. The maximum atomic E-state index is 13.6. The lowest BCUT2D eigenvalue weighted by Crippen LogP contribution is -2.49. The molecule has 2 aliphatic heterocycles. The standard InChI is InChI=1S/C25H31F2N5O3/c1-16-13-31(14-17(2)35-16)25(34)24-19-4-3-5-22(19)32(28-24)15-23(33)30-10-8-29(9-11-30)18-6-7-20(26)21(27)12-18/h6-7,12,16-17H,3-5,8-11,13-15H2,1-2H3/t16-,17+. The second-order valence-electron chi connectivity index (χ2n) is 9.72. The second kappa shape index (κ2) is 9.56. The van der Waals surface area contributed by atoms with E-state index in [-0.39, 0.29) is 30.6 Å². The van der Waals surface area contributed by atoms with Crippen LogP contribution >= 0.6 is 0 Å². The highest BCUT2D eigenvalue weighted by Gasteiger charge is 2.33. The Morgan fingerprint density at radius 3 is 2.40 bits per heavy atom. The molecule has 10 heteroatoms. The number of hydrogen-bond donors (Lipinski definition) is 0. The number of carbonyl (C=O) groups is 2. The first-order valence-corrected chi connectivity index (χ1v) is 12.3. The summed E-state index contributed by atoms with van der Waals surface area (Å²) in [6.45, 7) is 7.12. The van der Waals surface area contributed by atoms with E-state index in [2.05, 4.69) is 5.10 Å². The minimum atomic E-state index is -0.875. The third kappa shape index (κ3) is 4.76. The highest BCUT2D eigenvalue weighted by molar-refractivity contribution is 5.94. The average Bonchev–Trinajstić information content (AvgIpc) is 3.44. The van der Waals surface area contributed by atoms with Crippen molar-refractivity contribution in [1.29, 1.82) is 0 Å². The van der Waals surface area contributed by atoms with Crippen LogP contribution in [0.2, 0.25) is 0 Å². The molecule has 1 aliphatic carbocycles. The number of carbonyl (C=O) groups excluding carboxylic acids is 2. The van der Waals surface area contributed by atoms with Crippen molar-refractivity contribution in [1.82, 2.24) is 19.6 Å². The van der Waals surface area contributed by atoms with Crippen molar-refractivity contribution in [3.8, 4) is 0 Å². The van der Waals surface area contributed by atoms with Gasteiger partial charge in [-0.05, 0) is 45.2 Å². The number of halogens is 2. The van der Waals surface area contributed by atoms with Gasteiger partial charge in [0.15, 0.2) is 17.3 Å². The molecule has 2 aromatic rings. The fourth-order valence-corrected chi connectivity index (χ4v) is 5.43. The van der Waals surface area contributed by atoms with Crippen LogP contribution in [0.4, 0.5) is 14.5 Å². The van der Waals surface area contributed by atoms with Crippen LogP contribution in [0.15, 0.2) is 18.2 Å².